The molecule has 1 aliphatic rings. The summed E-state index contributed by atoms with van der Waals surface area (Å²) in [6.07, 6.45) is 6.30. The number of rotatable bonds is 4. The second-order valence-corrected chi connectivity index (χ2v) is 14.2. The van der Waals surface area contributed by atoms with Gasteiger partial charge in [0.05, 0.1) is 0 Å². The minimum Gasteiger partial charge on any atom is -0.0919 e. The third-order valence-corrected chi connectivity index (χ3v) is 9.87. The Bertz CT molecular complexity index is 539. The molecule has 1 saturated carbocycles. The van der Waals surface area contributed by atoms with Gasteiger partial charge in [-0.1, -0.05) is 79.2 Å². The van der Waals surface area contributed by atoms with E-state index in [0.717, 1.165) is 11.0 Å². The Hall–Kier alpha value is -0.250. The highest BCUT2D eigenvalue weighted by molar-refractivity contribution is 7.62. The summed E-state index contributed by atoms with van der Waals surface area (Å²) in [6.45, 7) is 16.4. The van der Waals surface area contributed by atoms with Gasteiger partial charge in [-0.3, -0.25) is 0 Å². The number of hydrogen-bond donors (Lipinski definition) is 0. The number of hydrogen-bond acceptors (Lipinski definition) is 1. The van der Waals surface area contributed by atoms with Crippen molar-refractivity contribution in [3.8, 4) is 0 Å². The molecule has 1 aliphatic carbocycles. The van der Waals surface area contributed by atoms with E-state index in [9.17, 15) is 4.57 Å². The molecule has 0 heterocycles. The molecule has 1 fully saturated rings. The summed E-state index contributed by atoms with van der Waals surface area (Å²) in [5, 5.41) is 1.42. The molecule has 24 heavy (non-hydrogen) atoms. The molecule has 2 rings (SSSR count). The quantitative estimate of drug-likeness (QED) is 0.573. The predicted octanol–water partition coefficient (Wildman–Crippen LogP) is 6.34. The van der Waals surface area contributed by atoms with Crippen molar-refractivity contribution in [3.63, 3.8) is 0 Å². The molecule has 1 nitrogen and oxygen atoms in total. The van der Waals surface area contributed by atoms with Gasteiger partial charge in [0.15, 0.2) is 5.30 Å². The summed E-state index contributed by atoms with van der Waals surface area (Å²) in [7, 11) is -1.82. The molecule has 0 spiro atoms. The van der Waals surface area contributed by atoms with E-state index in [4.69, 9.17) is 0 Å². The molecule has 0 aromatic heterocycles. The topological polar surface area (TPSA) is 17.1 Å². The van der Waals surface area contributed by atoms with Crippen LogP contribution in [-0.4, -0.2) is 16.0 Å². The second kappa shape index (κ2) is 7.55. The van der Waals surface area contributed by atoms with Crippen LogP contribution in [0.3, 0.4) is 0 Å². The van der Waals surface area contributed by atoms with Crippen LogP contribution < -0.4 is 5.30 Å². The van der Waals surface area contributed by atoms with Crippen LogP contribution in [0.1, 0.15) is 48.5 Å². The van der Waals surface area contributed by atoms with E-state index in [1.165, 1.54) is 5.92 Å². The lowest BCUT2D eigenvalue weighted by Crippen LogP contribution is -2.33. The second-order valence-electron chi connectivity index (χ2n) is 8.38. The molecule has 1 unspecified atom stereocenters. The van der Waals surface area contributed by atoms with E-state index >= 15 is 0 Å². The largest absolute Gasteiger partial charge is 0.389 e. The Morgan fingerprint density at radius 2 is 1.46 bits per heavy atom. The fraction of sp³-hybridized carbons (Fsp3) is 0.476. The molecule has 129 valence electrons. The van der Waals surface area contributed by atoms with Crippen molar-refractivity contribution < 1.29 is 4.57 Å². The maximum atomic E-state index is 13.1. The van der Waals surface area contributed by atoms with Gasteiger partial charge >= 0.3 is 7.80 Å². The van der Waals surface area contributed by atoms with Gasteiger partial charge in [-0.25, -0.2) is 0 Å². The molecule has 0 aliphatic heterocycles. The molecule has 5 radical (unpaired) electrons. The van der Waals surface area contributed by atoms with E-state index < -0.39 is 7.80 Å². The maximum absolute atomic E-state index is 13.1. The highest BCUT2D eigenvalue weighted by atomic mass is 31.1. The highest BCUT2D eigenvalue weighted by Gasteiger charge is 2.52. The predicted molar refractivity (Wildman–Crippen MR) is 109 cm³/mol. The molecule has 3 heteroatoms. The number of benzene rings is 1. The van der Waals surface area contributed by atoms with Gasteiger partial charge in [0.2, 0.25) is 5.66 Å². The molecule has 0 bridgehead atoms. The fourth-order valence-corrected chi connectivity index (χ4v) is 10.4. The minimum absolute atomic E-state index is 0.250. The first kappa shape index (κ1) is 20.1. The van der Waals surface area contributed by atoms with Gasteiger partial charge in [0, 0.05) is 12.3 Å². The molecule has 2 atom stereocenters. The fourth-order valence-electron chi connectivity index (χ4n) is 3.97. The smallest absolute Gasteiger partial charge is 0.0919 e. The first-order chi connectivity index (χ1) is 11.0. The Kier molecular flexibility index (Phi) is 6.31. The van der Waals surface area contributed by atoms with Crippen LogP contribution in [0.15, 0.2) is 30.3 Å². The Labute approximate surface area is 151 Å². The lowest BCUT2D eigenvalue weighted by atomic mass is 10.0. The third kappa shape index (κ3) is 4.47. The average molecular weight is 360 g/mol. The Balaban J connectivity index is 2.27. The van der Waals surface area contributed by atoms with Crippen molar-refractivity contribution in [2.24, 2.45) is 0 Å². The molecular weight excluding hydrogens is 330 g/mol. The zero-order valence-corrected chi connectivity index (χ0v) is 17.8. The van der Waals surface area contributed by atoms with Crippen molar-refractivity contribution in [1.29, 1.82) is 0 Å². The summed E-state index contributed by atoms with van der Waals surface area (Å²) in [6, 6.07) is 9.84. The van der Waals surface area contributed by atoms with Crippen LogP contribution in [0.5, 0.6) is 0 Å². The van der Waals surface area contributed by atoms with Crippen LogP contribution in [0.25, 0.3) is 0 Å². The SMILES string of the molecule is C[C@H]([C]1[CH][CH][CH][C]1[P+](=O)c1ccccc1)P(C(C)(C)C)C(C)(C)C. The van der Waals surface area contributed by atoms with E-state index in [2.05, 4.69) is 67.7 Å². The van der Waals surface area contributed by atoms with Gasteiger partial charge in [0.1, 0.15) is 0 Å². The maximum Gasteiger partial charge on any atom is 0.389 e. The molecular formula is C21H30OP2+. The van der Waals surface area contributed by atoms with Gasteiger partial charge in [-0.2, -0.15) is 0 Å². The summed E-state index contributed by atoms with van der Waals surface area (Å²) >= 11 is 0. The molecule has 0 amide bonds. The molecule has 1 aromatic carbocycles. The van der Waals surface area contributed by atoms with Gasteiger partial charge < -0.3 is 0 Å². The lowest BCUT2D eigenvalue weighted by molar-refractivity contribution is 0.593. The van der Waals surface area contributed by atoms with E-state index in [0.29, 0.717) is 5.66 Å². The van der Waals surface area contributed by atoms with Crippen molar-refractivity contribution in [1.82, 2.24) is 0 Å². The average Bonchev–Trinajstić information content (AvgIpc) is 2.93. The van der Waals surface area contributed by atoms with Crippen molar-refractivity contribution in [3.05, 3.63) is 61.2 Å². The van der Waals surface area contributed by atoms with Crippen LogP contribution in [0.2, 0.25) is 0 Å². The minimum atomic E-state index is -1.52. The van der Waals surface area contributed by atoms with Gasteiger partial charge in [-0.05, 0) is 40.9 Å². The highest BCUT2D eigenvalue weighted by Crippen LogP contribution is 2.67. The normalized spacial score (nSPS) is 19.8. The summed E-state index contributed by atoms with van der Waals surface area (Å²) in [5.41, 5.74) is 1.44. The van der Waals surface area contributed by atoms with Crippen LogP contribution in [-0.2, 0) is 4.57 Å². The lowest BCUT2D eigenvalue weighted by Gasteiger charge is -2.47. The Morgan fingerprint density at radius 1 is 0.917 bits per heavy atom. The Morgan fingerprint density at radius 3 is 1.96 bits per heavy atom. The summed E-state index contributed by atoms with van der Waals surface area (Å²) in [5.74, 6) is 1.27. The molecule has 0 N–H and O–H groups in total. The van der Waals surface area contributed by atoms with Gasteiger partial charge in [-0.15, -0.1) is 0 Å². The zero-order valence-electron chi connectivity index (χ0n) is 16.0. The summed E-state index contributed by atoms with van der Waals surface area (Å²) in [4.78, 5) is 0. The van der Waals surface area contributed by atoms with Crippen molar-refractivity contribution in [2.75, 3.05) is 0 Å². The first-order valence-corrected chi connectivity index (χ1v) is 11.3. The standard InChI is InChI=1S/C21H30OP2/c1-16(24(20(2,3)4)21(5,6)7)18-14-11-15-19(18)23(22)17-12-9-8-10-13-17/h8-16H,1-7H3/q+1/t16-/m1/s1. The van der Waals surface area contributed by atoms with Crippen LogP contribution >= 0.6 is 15.7 Å². The molecule has 1 aromatic rings. The summed E-state index contributed by atoms with van der Waals surface area (Å²) < 4.78 is 13.1. The van der Waals surface area contributed by atoms with E-state index in [-0.39, 0.29) is 18.2 Å². The zero-order chi connectivity index (χ0) is 18.1. The third-order valence-electron chi connectivity index (χ3n) is 4.32. The monoisotopic (exact) mass is 360 g/mol. The van der Waals surface area contributed by atoms with Crippen LogP contribution in [0, 0.1) is 30.8 Å². The van der Waals surface area contributed by atoms with Crippen LogP contribution in [0.4, 0.5) is 0 Å². The van der Waals surface area contributed by atoms with E-state index in [1.807, 2.05) is 30.3 Å². The van der Waals surface area contributed by atoms with Gasteiger partial charge in [0.25, 0.3) is 0 Å². The first-order valence-electron chi connectivity index (χ1n) is 8.61. The molecule has 0 saturated heterocycles. The van der Waals surface area contributed by atoms with Crippen molar-refractivity contribution in [2.45, 2.75) is 64.4 Å². The van der Waals surface area contributed by atoms with E-state index in [1.54, 1.807) is 0 Å². The van der Waals surface area contributed by atoms with Crippen molar-refractivity contribution >= 4 is 21.0 Å².